The Morgan fingerprint density at radius 2 is 2.21 bits per heavy atom. The Morgan fingerprint density at radius 3 is 2.95 bits per heavy atom. The van der Waals surface area contributed by atoms with Gasteiger partial charge in [0.2, 0.25) is 0 Å². The lowest BCUT2D eigenvalue weighted by Gasteiger charge is -2.33. The minimum absolute atomic E-state index is 0.424. The molecule has 1 aromatic heterocycles. The number of nitrogens with one attached hydrogen (secondary N) is 2. The largest absolute Gasteiger partial charge is 0.495 e. The number of H-pyrrole nitrogens is 1. The van der Waals surface area contributed by atoms with Crippen LogP contribution in [0.3, 0.4) is 0 Å². The molecule has 1 aromatic carbocycles. The fourth-order valence-corrected chi connectivity index (χ4v) is 3.01. The molecule has 3 rings (SSSR count). The highest BCUT2D eigenvalue weighted by atomic mass is 16.5. The smallest absolute Gasteiger partial charge is 0.142 e. The van der Waals surface area contributed by atoms with Crippen LogP contribution in [-0.2, 0) is 0 Å². The Bertz CT molecular complexity index is 590. The summed E-state index contributed by atoms with van der Waals surface area (Å²) in [5.41, 5.74) is 3.77. The quantitative estimate of drug-likeness (QED) is 0.867. The highest BCUT2D eigenvalue weighted by Gasteiger charge is 2.24. The molecule has 1 unspecified atom stereocenters. The molecule has 1 saturated heterocycles. The van der Waals surface area contributed by atoms with Gasteiger partial charge in [-0.15, -0.1) is 0 Å². The summed E-state index contributed by atoms with van der Waals surface area (Å²) in [6.07, 6.45) is 2.13. The van der Waals surface area contributed by atoms with Crippen LogP contribution in [0.4, 0.5) is 0 Å². The third-order valence-electron chi connectivity index (χ3n) is 4.13. The first-order valence-corrected chi connectivity index (χ1v) is 6.78. The molecular weight excluding hydrogens is 238 g/mol. The molecule has 4 nitrogen and oxygen atoms in total. The summed E-state index contributed by atoms with van der Waals surface area (Å²) in [6, 6.07) is 4.59. The predicted molar refractivity (Wildman–Crippen MR) is 77.8 cm³/mol. The minimum Gasteiger partial charge on any atom is -0.495 e. The Labute approximate surface area is 113 Å². The molecule has 2 N–H and O–H groups in total. The topological polar surface area (TPSA) is 40.3 Å². The number of ether oxygens (including phenoxy) is 1. The van der Waals surface area contributed by atoms with Crippen molar-refractivity contribution in [3.63, 3.8) is 0 Å². The van der Waals surface area contributed by atoms with Crippen molar-refractivity contribution in [3.8, 4) is 5.75 Å². The van der Waals surface area contributed by atoms with Crippen LogP contribution in [-0.4, -0.2) is 43.7 Å². The van der Waals surface area contributed by atoms with Gasteiger partial charge >= 0.3 is 0 Å². The Balaban J connectivity index is 2.14. The van der Waals surface area contributed by atoms with Crippen molar-refractivity contribution < 1.29 is 4.74 Å². The molecule has 2 aromatic rings. The fraction of sp³-hybridized carbons (Fsp3) is 0.467. The third-order valence-corrected chi connectivity index (χ3v) is 4.13. The maximum Gasteiger partial charge on any atom is 0.142 e. The number of hydrogen-bond acceptors (Lipinski definition) is 3. The van der Waals surface area contributed by atoms with Crippen molar-refractivity contribution in [2.75, 3.05) is 33.8 Å². The van der Waals surface area contributed by atoms with Gasteiger partial charge in [-0.05, 0) is 31.2 Å². The van der Waals surface area contributed by atoms with E-state index in [9.17, 15) is 0 Å². The number of benzene rings is 1. The van der Waals surface area contributed by atoms with Crippen LogP contribution in [0.5, 0.6) is 5.75 Å². The molecule has 0 spiro atoms. The maximum absolute atomic E-state index is 5.45. The van der Waals surface area contributed by atoms with Crippen molar-refractivity contribution in [2.24, 2.45) is 0 Å². The van der Waals surface area contributed by atoms with E-state index in [1.165, 1.54) is 16.5 Å². The molecule has 1 aliphatic rings. The zero-order chi connectivity index (χ0) is 13.4. The number of piperazine rings is 1. The Morgan fingerprint density at radius 1 is 1.37 bits per heavy atom. The van der Waals surface area contributed by atoms with Gasteiger partial charge < -0.3 is 15.0 Å². The highest BCUT2D eigenvalue weighted by Crippen LogP contribution is 2.34. The Hall–Kier alpha value is -1.52. The number of hydrogen-bond donors (Lipinski definition) is 2. The second kappa shape index (κ2) is 4.87. The van der Waals surface area contributed by atoms with Gasteiger partial charge in [0.1, 0.15) is 5.75 Å². The van der Waals surface area contributed by atoms with Gasteiger partial charge in [-0.2, -0.15) is 0 Å². The molecule has 19 heavy (non-hydrogen) atoms. The van der Waals surface area contributed by atoms with Gasteiger partial charge in [0.05, 0.1) is 12.6 Å². The molecule has 0 aliphatic carbocycles. The average Bonchev–Trinajstić information content (AvgIpc) is 2.85. The number of aromatic nitrogens is 1. The van der Waals surface area contributed by atoms with Gasteiger partial charge in [-0.3, -0.25) is 4.90 Å². The number of aromatic amines is 1. The molecule has 0 radical (unpaired) electrons. The monoisotopic (exact) mass is 259 g/mol. The van der Waals surface area contributed by atoms with Crippen LogP contribution in [0.25, 0.3) is 10.9 Å². The first kappa shape index (κ1) is 12.5. The molecular formula is C15H21N3O. The number of likely N-dealkylation sites (N-methyl/N-ethyl adjacent to an activating group) is 1. The van der Waals surface area contributed by atoms with Crippen LogP contribution < -0.4 is 10.1 Å². The minimum atomic E-state index is 0.424. The summed E-state index contributed by atoms with van der Waals surface area (Å²) >= 11 is 0. The van der Waals surface area contributed by atoms with E-state index in [-0.39, 0.29) is 0 Å². The molecule has 2 heterocycles. The maximum atomic E-state index is 5.45. The Kier molecular flexibility index (Phi) is 3.21. The van der Waals surface area contributed by atoms with Crippen molar-refractivity contribution in [3.05, 3.63) is 29.5 Å². The zero-order valence-electron chi connectivity index (χ0n) is 11.8. The molecule has 1 fully saturated rings. The van der Waals surface area contributed by atoms with E-state index < -0.39 is 0 Å². The first-order valence-electron chi connectivity index (χ1n) is 6.78. The highest BCUT2D eigenvalue weighted by molar-refractivity contribution is 5.91. The van der Waals surface area contributed by atoms with E-state index >= 15 is 0 Å². The van der Waals surface area contributed by atoms with E-state index in [0.717, 1.165) is 30.9 Å². The van der Waals surface area contributed by atoms with Crippen LogP contribution in [0.15, 0.2) is 18.3 Å². The lowest BCUT2D eigenvalue weighted by atomic mass is 9.99. The molecule has 1 aliphatic heterocycles. The second-order valence-corrected chi connectivity index (χ2v) is 5.28. The molecule has 4 heteroatoms. The summed E-state index contributed by atoms with van der Waals surface area (Å²) in [7, 11) is 3.92. The van der Waals surface area contributed by atoms with Gasteiger partial charge in [0.25, 0.3) is 0 Å². The molecule has 0 saturated carbocycles. The number of rotatable bonds is 2. The number of methoxy groups -OCH3 is 1. The van der Waals surface area contributed by atoms with Crippen LogP contribution in [0.2, 0.25) is 0 Å². The summed E-state index contributed by atoms with van der Waals surface area (Å²) < 4.78 is 5.45. The normalized spacial score (nSPS) is 20.9. The third kappa shape index (κ3) is 2.01. The van der Waals surface area contributed by atoms with Gasteiger partial charge in [-0.1, -0.05) is 6.07 Å². The van der Waals surface area contributed by atoms with E-state index in [1.54, 1.807) is 7.11 Å². The summed E-state index contributed by atoms with van der Waals surface area (Å²) in [6.45, 7) is 5.31. The standard InChI is InChI=1S/C15H21N3O/c1-10-4-5-13(19-3)15-14(10)11(8-17-15)12-9-16-6-7-18(12)2/h4-5,8,12,16-17H,6-7,9H2,1-3H3. The van der Waals surface area contributed by atoms with E-state index in [2.05, 4.69) is 41.4 Å². The van der Waals surface area contributed by atoms with Gasteiger partial charge in [0, 0.05) is 37.3 Å². The predicted octanol–water partition coefficient (Wildman–Crippen LogP) is 2.06. The van der Waals surface area contributed by atoms with Gasteiger partial charge in [-0.25, -0.2) is 0 Å². The van der Waals surface area contributed by atoms with Crippen molar-refractivity contribution in [1.82, 2.24) is 15.2 Å². The molecule has 0 amide bonds. The lowest BCUT2D eigenvalue weighted by molar-refractivity contribution is 0.203. The van der Waals surface area contributed by atoms with Gasteiger partial charge in [0.15, 0.2) is 0 Å². The zero-order valence-corrected chi connectivity index (χ0v) is 11.8. The summed E-state index contributed by atoms with van der Waals surface area (Å²) in [4.78, 5) is 5.80. The SMILES string of the molecule is COc1ccc(C)c2c(C3CNCCN3C)c[nH]c12. The first-order chi connectivity index (χ1) is 9.22. The number of aryl methyl sites for hydroxylation is 1. The van der Waals surface area contributed by atoms with Crippen molar-refractivity contribution in [1.29, 1.82) is 0 Å². The number of fused-ring (bicyclic) bond motifs is 1. The van der Waals surface area contributed by atoms with Crippen molar-refractivity contribution in [2.45, 2.75) is 13.0 Å². The fourth-order valence-electron chi connectivity index (χ4n) is 3.01. The van der Waals surface area contributed by atoms with Crippen LogP contribution >= 0.6 is 0 Å². The molecule has 102 valence electrons. The summed E-state index contributed by atoms with van der Waals surface area (Å²) in [5, 5.41) is 4.78. The average molecular weight is 259 g/mol. The summed E-state index contributed by atoms with van der Waals surface area (Å²) in [5.74, 6) is 0.915. The van der Waals surface area contributed by atoms with Crippen LogP contribution in [0.1, 0.15) is 17.2 Å². The molecule has 0 bridgehead atoms. The van der Waals surface area contributed by atoms with Crippen LogP contribution in [0, 0.1) is 6.92 Å². The number of nitrogens with zero attached hydrogens (tertiary/aromatic N) is 1. The lowest BCUT2D eigenvalue weighted by Crippen LogP contribution is -2.43. The van der Waals surface area contributed by atoms with Crippen molar-refractivity contribution >= 4 is 10.9 Å². The second-order valence-electron chi connectivity index (χ2n) is 5.28. The van der Waals surface area contributed by atoms with E-state index in [0.29, 0.717) is 6.04 Å². The van der Waals surface area contributed by atoms with E-state index in [4.69, 9.17) is 4.74 Å². The van der Waals surface area contributed by atoms with E-state index in [1.807, 2.05) is 6.07 Å². The molecule has 1 atom stereocenters.